The second-order valence-electron chi connectivity index (χ2n) is 8.03. The van der Waals surface area contributed by atoms with Gasteiger partial charge in [-0.2, -0.15) is 0 Å². The summed E-state index contributed by atoms with van der Waals surface area (Å²) in [5.74, 6) is -3.12. The highest BCUT2D eigenvalue weighted by molar-refractivity contribution is 6.23. The predicted octanol–water partition coefficient (Wildman–Crippen LogP) is 3.47. The van der Waals surface area contributed by atoms with Crippen LogP contribution in [0.1, 0.15) is 28.2 Å². The molecule has 0 radical (unpaired) electrons. The van der Waals surface area contributed by atoms with Gasteiger partial charge in [0.25, 0.3) is 5.54 Å². The highest BCUT2D eigenvalue weighted by Gasteiger charge is 2.74. The number of nitrogens with zero attached hydrogens (tertiary/aromatic N) is 2. The third kappa shape index (κ3) is 1.75. The summed E-state index contributed by atoms with van der Waals surface area (Å²) in [5.41, 5.74) is 1.26. The fourth-order valence-electron chi connectivity index (χ4n) is 5.87. The quantitative estimate of drug-likeness (QED) is 0.377. The zero-order chi connectivity index (χ0) is 20.6. The van der Waals surface area contributed by atoms with Crippen molar-refractivity contribution in [1.82, 2.24) is 0 Å². The number of benzene rings is 3. The van der Waals surface area contributed by atoms with Gasteiger partial charge in [0.15, 0.2) is 0 Å². The van der Waals surface area contributed by atoms with E-state index in [4.69, 9.17) is 0 Å². The molecule has 6 nitrogen and oxygen atoms in total. The molecule has 1 aliphatic heterocycles. The van der Waals surface area contributed by atoms with Gasteiger partial charge in [-0.1, -0.05) is 66.7 Å². The van der Waals surface area contributed by atoms with E-state index in [0.29, 0.717) is 16.8 Å². The van der Waals surface area contributed by atoms with E-state index >= 15 is 0 Å². The van der Waals surface area contributed by atoms with Crippen LogP contribution in [-0.2, 0) is 15.1 Å². The van der Waals surface area contributed by atoms with Crippen LogP contribution in [0.5, 0.6) is 0 Å². The van der Waals surface area contributed by atoms with E-state index in [1.807, 2.05) is 24.3 Å². The first-order valence-electron chi connectivity index (χ1n) is 9.84. The molecule has 0 N–H and O–H groups in total. The molecule has 3 aromatic rings. The van der Waals surface area contributed by atoms with Gasteiger partial charge in [0.2, 0.25) is 11.8 Å². The number of carbonyl (C=O) groups is 2. The lowest BCUT2D eigenvalue weighted by atomic mass is 9.51. The molecule has 0 aromatic heterocycles. The van der Waals surface area contributed by atoms with E-state index in [-0.39, 0.29) is 16.7 Å². The molecule has 6 heteroatoms. The monoisotopic (exact) mass is 396 g/mol. The molecule has 2 amide bonds. The molecule has 146 valence electrons. The van der Waals surface area contributed by atoms with Gasteiger partial charge in [-0.25, -0.2) is 4.90 Å². The van der Waals surface area contributed by atoms with Gasteiger partial charge in [-0.3, -0.25) is 19.7 Å². The summed E-state index contributed by atoms with van der Waals surface area (Å²) >= 11 is 0. The predicted molar refractivity (Wildman–Crippen MR) is 108 cm³/mol. The minimum atomic E-state index is -1.77. The molecule has 1 heterocycles. The maximum atomic E-state index is 13.7. The minimum Gasteiger partial charge on any atom is -0.274 e. The van der Waals surface area contributed by atoms with Crippen LogP contribution in [0.3, 0.4) is 0 Å². The molecule has 0 unspecified atom stereocenters. The van der Waals surface area contributed by atoms with Crippen molar-refractivity contribution in [2.24, 2.45) is 11.8 Å². The second kappa shape index (κ2) is 5.63. The Morgan fingerprint density at radius 2 is 1.30 bits per heavy atom. The highest BCUT2D eigenvalue weighted by atomic mass is 16.6. The van der Waals surface area contributed by atoms with Gasteiger partial charge < -0.3 is 0 Å². The lowest BCUT2D eigenvalue weighted by Gasteiger charge is -2.48. The number of imide groups is 1. The van der Waals surface area contributed by atoms with Crippen LogP contribution in [0.4, 0.5) is 5.69 Å². The topological polar surface area (TPSA) is 80.5 Å². The molecule has 4 aliphatic rings. The SMILES string of the molecule is O=C1[C@@H]2C3c4ccccc4C([N+](=O)[O-])(c4ccccc43)[C@@H]2C(=O)N1c1ccccc1. The zero-order valence-electron chi connectivity index (χ0n) is 15.8. The molecule has 3 aromatic carbocycles. The van der Waals surface area contributed by atoms with Gasteiger partial charge in [-0.05, 0) is 23.3 Å². The van der Waals surface area contributed by atoms with Crippen molar-refractivity contribution >= 4 is 17.5 Å². The summed E-state index contributed by atoms with van der Waals surface area (Å²) < 4.78 is 0. The smallest absolute Gasteiger partial charge is 0.274 e. The Hall–Kier alpha value is -3.80. The van der Waals surface area contributed by atoms with Crippen LogP contribution >= 0.6 is 0 Å². The van der Waals surface area contributed by atoms with Crippen molar-refractivity contribution in [2.75, 3.05) is 4.90 Å². The second-order valence-corrected chi connectivity index (χ2v) is 8.03. The van der Waals surface area contributed by atoms with Gasteiger partial charge in [0, 0.05) is 22.0 Å². The third-order valence-corrected chi connectivity index (χ3v) is 6.88. The van der Waals surface area contributed by atoms with Gasteiger partial charge in [-0.15, -0.1) is 0 Å². The van der Waals surface area contributed by atoms with Crippen molar-refractivity contribution in [2.45, 2.75) is 11.5 Å². The van der Waals surface area contributed by atoms with Crippen LogP contribution in [0, 0.1) is 22.0 Å². The standard InChI is InChI=1S/C24H16N2O4/c27-22-20-19-15-10-4-6-12-17(15)24(26(29)30,18-13-7-5-11-16(18)19)21(20)23(28)25(22)14-8-2-1-3-9-14/h1-13,19-21H/t19?,20-,21+,24?/m1/s1. The van der Waals surface area contributed by atoms with Crippen molar-refractivity contribution < 1.29 is 14.5 Å². The summed E-state index contributed by atoms with van der Waals surface area (Å²) in [6.45, 7) is 0. The molecule has 0 saturated carbocycles. The molecule has 1 saturated heterocycles. The Morgan fingerprint density at radius 1 is 0.767 bits per heavy atom. The van der Waals surface area contributed by atoms with E-state index in [0.717, 1.165) is 16.0 Å². The summed E-state index contributed by atoms with van der Waals surface area (Å²) in [7, 11) is 0. The van der Waals surface area contributed by atoms with Crippen molar-refractivity contribution in [3.8, 4) is 0 Å². The average Bonchev–Trinajstić information content (AvgIpc) is 3.05. The number of hydrogen-bond acceptors (Lipinski definition) is 4. The van der Waals surface area contributed by atoms with E-state index in [1.54, 1.807) is 54.6 Å². The first kappa shape index (κ1) is 17.1. The van der Waals surface area contributed by atoms with Gasteiger partial charge in [0.1, 0.15) is 5.92 Å². The normalized spacial score (nSPS) is 28.1. The molecule has 30 heavy (non-hydrogen) atoms. The van der Waals surface area contributed by atoms with Gasteiger partial charge in [0.05, 0.1) is 11.6 Å². The maximum Gasteiger partial charge on any atom is 0.285 e. The fourth-order valence-corrected chi connectivity index (χ4v) is 5.87. The Morgan fingerprint density at radius 3 is 1.87 bits per heavy atom. The van der Waals surface area contributed by atoms with Crippen molar-refractivity contribution in [3.05, 3.63) is 111 Å². The Bertz CT molecular complexity index is 1210. The molecule has 2 atom stereocenters. The molecule has 3 aliphatic carbocycles. The van der Waals surface area contributed by atoms with E-state index < -0.39 is 23.3 Å². The number of para-hydroxylation sites is 1. The van der Waals surface area contributed by atoms with Crippen LogP contribution in [0.15, 0.2) is 78.9 Å². The Kier molecular flexibility index (Phi) is 3.21. The van der Waals surface area contributed by atoms with E-state index in [1.165, 1.54) is 0 Å². The van der Waals surface area contributed by atoms with E-state index in [9.17, 15) is 19.7 Å². The summed E-state index contributed by atoms with van der Waals surface area (Å²) in [5, 5.41) is 12.8. The van der Waals surface area contributed by atoms with Gasteiger partial charge >= 0.3 is 0 Å². The Balaban J connectivity index is 1.70. The van der Waals surface area contributed by atoms with Crippen LogP contribution in [0.25, 0.3) is 0 Å². The minimum absolute atomic E-state index is 0.350. The molecule has 7 rings (SSSR count). The average molecular weight is 396 g/mol. The fraction of sp³-hybridized carbons (Fsp3) is 0.167. The molecule has 1 fully saturated rings. The molecular weight excluding hydrogens is 380 g/mol. The molecule has 0 spiro atoms. The molecular formula is C24H16N2O4. The Labute approximate surface area is 171 Å². The number of hydrogen-bond donors (Lipinski definition) is 0. The lowest BCUT2D eigenvalue weighted by molar-refractivity contribution is -0.578. The first-order valence-corrected chi connectivity index (χ1v) is 9.84. The number of amides is 2. The molecule has 2 bridgehead atoms. The number of anilines is 1. The van der Waals surface area contributed by atoms with Crippen LogP contribution < -0.4 is 4.90 Å². The number of carbonyl (C=O) groups excluding carboxylic acids is 2. The summed E-state index contributed by atoms with van der Waals surface area (Å²) in [4.78, 5) is 40.9. The van der Waals surface area contributed by atoms with Crippen molar-refractivity contribution in [1.29, 1.82) is 0 Å². The number of rotatable bonds is 2. The largest absolute Gasteiger partial charge is 0.285 e. The van der Waals surface area contributed by atoms with Crippen LogP contribution in [-0.4, -0.2) is 16.7 Å². The third-order valence-electron chi connectivity index (χ3n) is 6.88. The first-order chi connectivity index (χ1) is 14.6. The summed E-state index contributed by atoms with van der Waals surface area (Å²) in [6, 6.07) is 23.1. The highest BCUT2D eigenvalue weighted by Crippen LogP contribution is 2.64. The van der Waals surface area contributed by atoms with E-state index in [2.05, 4.69) is 0 Å². The lowest BCUT2D eigenvalue weighted by Crippen LogP contribution is -2.57. The summed E-state index contributed by atoms with van der Waals surface area (Å²) in [6.07, 6.45) is 0. The zero-order valence-corrected chi connectivity index (χ0v) is 15.8. The maximum absolute atomic E-state index is 13.7. The van der Waals surface area contributed by atoms with Crippen LogP contribution in [0.2, 0.25) is 0 Å². The van der Waals surface area contributed by atoms with Crippen molar-refractivity contribution in [3.63, 3.8) is 0 Å². The number of nitro groups is 1.